The maximum atomic E-state index is 10.7. The number of aryl methyl sites for hydroxylation is 2. The topological polar surface area (TPSA) is 37.3 Å². The van der Waals surface area contributed by atoms with Crippen LogP contribution in [0.25, 0.3) is 0 Å². The molecule has 1 aromatic carbocycles. The normalized spacial score (nSPS) is 12.5. The molecule has 0 radical (unpaired) electrons. The van der Waals surface area contributed by atoms with Crippen molar-refractivity contribution in [3.05, 3.63) is 33.9 Å². The average molecular weight is 234 g/mol. The molecule has 0 aromatic heterocycles. The van der Waals surface area contributed by atoms with E-state index in [1.165, 1.54) is 27.8 Å². The third kappa shape index (κ3) is 3.32. The van der Waals surface area contributed by atoms with E-state index >= 15 is 0 Å². The van der Waals surface area contributed by atoms with Crippen LogP contribution in [0.2, 0.25) is 0 Å². The van der Waals surface area contributed by atoms with Crippen molar-refractivity contribution < 1.29 is 9.90 Å². The summed E-state index contributed by atoms with van der Waals surface area (Å²) in [6.07, 6.45) is 1.10. The van der Waals surface area contributed by atoms with Crippen molar-refractivity contribution in [3.63, 3.8) is 0 Å². The smallest absolute Gasteiger partial charge is 0.303 e. The minimum atomic E-state index is -0.711. The van der Waals surface area contributed by atoms with E-state index in [1.54, 1.807) is 0 Å². The first kappa shape index (κ1) is 13.8. The predicted molar refractivity (Wildman–Crippen MR) is 70.5 cm³/mol. The summed E-state index contributed by atoms with van der Waals surface area (Å²) in [6, 6.07) is 2.20. The average Bonchev–Trinajstić information content (AvgIpc) is 2.20. The number of rotatable bonds is 4. The van der Waals surface area contributed by atoms with Gasteiger partial charge >= 0.3 is 5.97 Å². The quantitative estimate of drug-likeness (QED) is 0.864. The van der Waals surface area contributed by atoms with Gasteiger partial charge in [0, 0.05) is 6.42 Å². The van der Waals surface area contributed by atoms with Gasteiger partial charge in [0.25, 0.3) is 0 Å². The van der Waals surface area contributed by atoms with Crippen molar-refractivity contribution in [3.8, 4) is 0 Å². The molecule has 0 saturated heterocycles. The SMILES string of the molecule is Cc1cc(C)c(C)c(CC(C)CC(=O)O)c1C. The summed E-state index contributed by atoms with van der Waals surface area (Å²) >= 11 is 0. The number of carbonyl (C=O) groups is 1. The molecule has 0 bridgehead atoms. The Morgan fingerprint density at radius 3 is 2.06 bits per heavy atom. The molecule has 1 unspecified atom stereocenters. The summed E-state index contributed by atoms with van der Waals surface area (Å²) in [5.41, 5.74) is 6.54. The number of benzene rings is 1. The lowest BCUT2D eigenvalue weighted by atomic mass is 9.88. The zero-order chi connectivity index (χ0) is 13.2. The highest BCUT2D eigenvalue weighted by atomic mass is 16.4. The Morgan fingerprint density at radius 2 is 1.65 bits per heavy atom. The zero-order valence-electron chi connectivity index (χ0n) is 11.4. The van der Waals surface area contributed by atoms with Crippen LogP contribution in [0.1, 0.15) is 41.2 Å². The Labute approximate surface area is 104 Å². The van der Waals surface area contributed by atoms with Crippen LogP contribution in [0.5, 0.6) is 0 Å². The molecule has 1 aromatic rings. The van der Waals surface area contributed by atoms with Crippen LogP contribution in [0.3, 0.4) is 0 Å². The number of carboxylic acid groups (broad SMARTS) is 1. The molecule has 0 aliphatic heterocycles. The number of carboxylic acids is 1. The largest absolute Gasteiger partial charge is 0.481 e. The summed E-state index contributed by atoms with van der Waals surface area (Å²) in [4.78, 5) is 10.7. The van der Waals surface area contributed by atoms with Crippen LogP contribution in [-0.2, 0) is 11.2 Å². The Hall–Kier alpha value is -1.31. The van der Waals surface area contributed by atoms with Crippen molar-refractivity contribution in [2.75, 3.05) is 0 Å². The van der Waals surface area contributed by atoms with E-state index in [0.717, 1.165) is 6.42 Å². The van der Waals surface area contributed by atoms with Crippen LogP contribution in [0, 0.1) is 33.6 Å². The van der Waals surface area contributed by atoms with Crippen LogP contribution in [-0.4, -0.2) is 11.1 Å². The molecule has 2 nitrogen and oxygen atoms in total. The fraction of sp³-hybridized carbons (Fsp3) is 0.533. The van der Waals surface area contributed by atoms with Crippen molar-refractivity contribution in [1.82, 2.24) is 0 Å². The molecule has 0 fully saturated rings. The minimum absolute atomic E-state index is 0.186. The number of hydrogen-bond donors (Lipinski definition) is 1. The number of hydrogen-bond acceptors (Lipinski definition) is 1. The first-order valence-electron chi connectivity index (χ1n) is 6.11. The van der Waals surface area contributed by atoms with Gasteiger partial charge in [-0.3, -0.25) is 4.79 Å². The summed E-state index contributed by atoms with van der Waals surface area (Å²) in [7, 11) is 0. The van der Waals surface area contributed by atoms with Gasteiger partial charge in [-0.2, -0.15) is 0 Å². The highest BCUT2D eigenvalue weighted by molar-refractivity contribution is 5.67. The van der Waals surface area contributed by atoms with E-state index in [1.807, 2.05) is 6.92 Å². The molecule has 0 heterocycles. The van der Waals surface area contributed by atoms with Crippen LogP contribution in [0.4, 0.5) is 0 Å². The lowest BCUT2D eigenvalue weighted by molar-refractivity contribution is -0.137. The van der Waals surface area contributed by atoms with Gasteiger partial charge in [-0.25, -0.2) is 0 Å². The lowest BCUT2D eigenvalue weighted by Crippen LogP contribution is -2.10. The molecule has 0 spiro atoms. The monoisotopic (exact) mass is 234 g/mol. The van der Waals surface area contributed by atoms with Gasteiger partial charge < -0.3 is 5.11 Å². The highest BCUT2D eigenvalue weighted by Crippen LogP contribution is 2.25. The standard InChI is InChI=1S/C15H22O2/c1-9(7-15(16)17)6-14-12(4)10(2)8-11(3)13(14)5/h8-9H,6-7H2,1-5H3,(H,16,17). The molecular weight excluding hydrogens is 212 g/mol. The van der Waals surface area contributed by atoms with E-state index in [0.29, 0.717) is 0 Å². The van der Waals surface area contributed by atoms with E-state index < -0.39 is 5.97 Å². The zero-order valence-corrected chi connectivity index (χ0v) is 11.4. The Kier molecular flexibility index (Phi) is 4.33. The summed E-state index contributed by atoms with van der Waals surface area (Å²) in [5.74, 6) is -0.525. The second-order valence-electron chi connectivity index (χ2n) is 5.15. The van der Waals surface area contributed by atoms with Gasteiger partial charge in [-0.05, 0) is 67.9 Å². The van der Waals surface area contributed by atoms with E-state index in [-0.39, 0.29) is 12.3 Å². The molecule has 0 amide bonds. The van der Waals surface area contributed by atoms with Crippen molar-refractivity contribution >= 4 is 5.97 Å². The maximum Gasteiger partial charge on any atom is 0.303 e. The number of aliphatic carboxylic acids is 1. The molecule has 94 valence electrons. The second kappa shape index (κ2) is 5.35. The van der Waals surface area contributed by atoms with E-state index in [9.17, 15) is 4.79 Å². The Balaban J connectivity index is 3.01. The fourth-order valence-corrected chi connectivity index (χ4v) is 2.32. The molecule has 0 saturated carbocycles. The molecule has 2 heteroatoms. The molecule has 0 aliphatic rings. The lowest BCUT2D eigenvalue weighted by Gasteiger charge is -2.18. The van der Waals surface area contributed by atoms with Gasteiger partial charge in [-0.1, -0.05) is 13.0 Å². The predicted octanol–water partition coefficient (Wildman–Crippen LogP) is 3.57. The fourth-order valence-electron chi connectivity index (χ4n) is 2.32. The first-order chi connectivity index (χ1) is 7.82. The molecule has 1 rings (SSSR count). The molecule has 17 heavy (non-hydrogen) atoms. The third-order valence-corrected chi connectivity index (χ3v) is 3.60. The first-order valence-corrected chi connectivity index (χ1v) is 6.11. The molecule has 1 atom stereocenters. The van der Waals surface area contributed by atoms with Gasteiger partial charge in [0.15, 0.2) is 0 Å². The minimum Gasteiger partial charge on any atom is -0.481 e. The highest BCUT2D eigenvalue weighted by Gasteiger charge is 2.14. The van der Waals surface area contributed by atoms with Gasteiger partial charge in [0.2, 0.25) is 0 Å². The van der Waals surface area contributed by atoms with E-state index in [2.05, 4.69) is 33.8 Å². The molecule has 1 N–H and O–H groups in total. The van der Waals surface area contributed by atoms with Crippen LogP contribution >= 0.6 is 0 Å². The van der Waals surface area contributed by atoms with Gasteiger partial charge in [0.1, 0.15) is 0 Å². The Bertz CT molecular complexity index is 407. The second-order valence-corrected chi connectivity index (χ2v) is 5.15. The van der Waals surface area contributed by atoms with Crippen molar-refractivity contribution in [1.29, 1.82) is 0 Å². The van der Waals surface area contributed by atoms with Gasteiger partial charge in [-0.15, -0.1) is 0 Å². The van der Waals surface area contributed by atoms with Crippen LogP contribution in [0.15, 0.2) is 6.07 Å². The maximum absolute atomic E-state index is 10.7. The summed E-state index contributed by atoms with van der Waals surface area (Å²) in [6.45, 7) is 10.5. The summed E-state index contributed by atoms with van der Waals surface area (Å²) < 4.78 is 0. The van der Waals surface area contributed by atoms with Crippen LogP contribution < -0.4 is 0 Å². The Morgan fingerprint density at radius 1 is 1.18 bits per heavy atom. The van der Waals surface area contributed by atoms with Crippen molar-refractivity contribution in [2.45, 2.75) is 47.5 Å². The third-order valence-electron chi connectivity index (χ3n) is 3.60. The molecular formula is C15H22O2. The van der Waals surface area contributed by atoms with Gasteiger partial charge in [0.05, 0.1) is 0 Å². The van der Waals surface area contributed by atoms with E-state index in [4.69, 9.17) is 5.11 Å². The summed E-state index contributed by atoms with van der Waals surface area (Å²) in [5, 5.41) is 8.81. The molecule has 0 aliphatic carbocycles. The van der Waals surface area contributed by atoms with Crippen molar-refractivity contribution in [2.24, 2.45) is 5.92 Å².